The van der Waals surface area contributed by atoms with Gasteiger partial charge < -0.3 is 14.5 Å². The second-order valence-corrected chi connectivity index (χ2v) is 8.70. The highest BCUT2D eigenvalue weighted by Gasteiger charge is 2.30. The van der Waals surface area contributed by atoms with Crippen molar-refractivity contribution in [2.45, 2.75) is 65.3 Å². The molecule has 2 atom stereocenters. The van der Waals surface area contributed by atoms with E-state index in [-0.39, 0.29) is 24.2 Å². The van der Waals surface area contributed by atoms with Gasteiger partial charge in [0, 0.05) is 30.8 Å². The van der Waals surface area contributed by atoms with Gasteiger partial charge >= 0.3 is 5.97 Å². The van der Waals surface area contributed by atoms with Crippen molar-refractivity contribution >= 4 is 16.9 Å². The molecule has 1 saturated heterocycles. The lowest BCUT2D eigenvalue weighted by molar-refractivity contribution is -0.144. The highest BCUT2D eigenvalue weighted by Crippen LogP contribution is 2.27. The van der Waals surface area contributed by atoms with Crippen LogP contribution in [0.15, 0.2) is 29.1 Å². The quantitative estimate of drug-likeness (QED) is 0.451. The second-order valence-electron chi connectivity index (χ2n) is 8.70. The summed E-state index contributed by atoms with van der Waals surface area (Å²) in [6.45, 7) is 7.86. The number of esters is 1. The van der Waals surface area contributed by atoms with Crippen LogP contribution < -0.4 is 5.56 Å². The van der Waals surface area contributed by atoms with E-state index in [0.717, 1.165) is 35.9 Å². The van der Waals surface area contributed by atoms with Crippen LogP contribution in [0.5, 0.6) is 0 Å². The molecule has 3 aromatic rings. The number of aryl methyl sites for hydroxylation is 1. The molecule has 0 unspecified atom stereocenters. The Labute approximate surface area is 198 Å². The highest BCUT2D eigenvalue weighted by atomic mass is 16.5. The van der Waals surface area contributed by atoms with Crippen molar-refractivity contribution in [1.82, 2.24) is 30.1 Å². The van der Waals surface area contributed by atoms with Crippen LogP contribution in [0.25, 0.3) is 10.9 Å². The molecule has 1 aromatic carbocycles. The number of aromatic amines is 1. The predicted molar refractivity (Wildman–Crippen MR) is 126 cm³/mol. The van der Waals surface area contributed by atoms with E-state index in [1.54, 1.807) is 6.92 Å². The van der Waals surface area contributed by atoms with Gasteiger partial charge in [-0.3, -0.25) is 14.5 Å². The van der Waals surface area contributed by atoms with E-state index >= 15 is 0 Å². The van der Waals surface area contributed by atoms with Gasteiger partial charge in [-0.15, -0.1) is 5.10 Å². The average molecular weight is 469 g/mol. The Bertz CT molecular complexity index is 1180. The first-order valence-electron chi connectivity index (χ1n) is 11.9. The van der Waals surface area contributed by atoms with Crippen LogP contribution in [-0.4, -0.2) is 61.9 Å². The fourth-order valence-corrected chi connectivity index (χ4v) is 4.56. The van der Waals surface area contributed by atoms with Crippen LogP contribution in [0.3, 0.4) is 0 Å². The van der Waals surface area contributed by atoms with E-state index in [1.807, 2.05) is 32.0 Å². The number of benzene rings is 1. The smallest absolute Gasteiger partial charge is 0.327 e. The summed E-state index contributed by atoms with van der Waals surface area (Å²) >= 11 is 0. The Morgan fingerprint density at radius 2 is 2.21 bits per heavy atom. The highest BCUT2D eigenvalue weighted by molar-refractivity contribution is 5.79. The van der Waals surface area contributed by atoms with Gasteiger partial charge in [0.1, 0.15) is 6.54 Å². The van der Waals surface area contributed by atoms with Crippen molar-refractivity contribution in [3.8, 4) is 0 Å². The van der Waals surface area contributed by atoms with Crippen molar-refractivity contribution in [2.75, 3.05) is 19.8 Å². The molecular formula is C24H32N6O4. The van der Waals surface area contributed by atoms with Gasteiger partial charge in [-0.2, -0.15) is 0 Å². The van der Waals surface area contributed by atoms with Crippen molar-refractivity contribution in [3.63, 3.8) is 0 Å². The van der Waals surface area contributed by atoms with Crippen LogP contribution in [0.1, 0.15) is 56.1 Å². The number of hydrogen-bond acceptors (Lipinski definition) is 8. The number of nitrogens with zero attached hydrogens (tertiary/aromatic N) is 5. The molecule has 182 valence electrons. The third-order valence-corrected chi connectivity index (χ3v) is 6.18. The lowest BCUT2D eigenvalue weighted by Gasteiger charge is -2.32. The number of nitrogens with one attached hydrogen (secondary N) is 1. The summed E-state index contributed by atoms with van der Waals surface area (Å²) in [5.74, 6) is 0.180. The second kappa shape index (κ2) is 10.9. The fourth-order valence-electron chi connectivity index (χ4n) is 4.56. The van der Waals surface area contributed by atoms with E-state index in [4.69, 9.17) is 9.47 Å². The van der Waals surface area contributed by atoms with Crippen molar-refractivity contribution in [2.24, 2.45) is 0 Å². The third-order valence-electron chi connectivity index (χ3n) is 6.18. The number of ether oxygens (including phenoxy) is 2. The number of H-pyrrole nitrogens is 1. The predicted octanol–water partition coefficient (Wildman–Crippen LogP) is 2.52. The Morgan fingerprint density at radius 1 is 1.35 bits per heavy atom. The van der Waals surface area contributed by atoms with E-state index in [1.165, 1.54) is 4.68 Å². The maximum Gasteiger partial charge on any atom is 0.327 e. The van der Waals surface area contributed by atoms with Crippen LogP contribution in [0, 0.1) is 6.92 Å². The molecule has 1 N–H and O–H groups in total. The van der Waals surface area contributed by atoms with Crippen molar-refractivity contribution in [1.29, 1.82) is 0 Å². The third kappa shape index (κ3) is 5.51. The van der Waals surface area contributed by atoms with Gasteiger partial charge in [0.05, 0.1) is 18.8 Å². The molecule has 10 heteroatoms. The first kappa shape index (κ1) is 24.0. The standard InChI is InChI=1S/C24H32N6O4/c1-4-21(23-26-27-28-30(23)15-22(31)33-5-2)29(14-19-7-6-10-34-19)13-18-12-17-11-16(3)8-9-20(17)25-24(18)32/h8-9,11-12,19,21H,4-7,10,13-15H2,1-3H3,(H,25,32)/t19-,21-/m1/s1. The monoisotopic (exact) mass is 468 g/mol. The lowest BCUT2D eigenvalue weighted by atomic mass is 10.1. The number of tetrazole rings is 1. The molecule has 4 rings (SSSR count). The Hall–Kier alpha value is -3.11. The molecule has 1 fully saturated rings. The van der Waals surface area contributed by atoms with Crippen LogP contribution >= 0.6 is 0 Å². The molecule has 0 saturated carbocycles. The fraction of sp³-hybridized carbons (Fsp3) is 0.542. The zero-order valence-electron chi connectivity index (χ0n) is 20.0. The van der Waals surface area contributed by atoms with E-state index in [9.17, 15) is 9.59 Å². The molecule has 0 radical (unpaired) electrons. The van der Waals surface area contributed by atoms with E-state index in [2.05, 4.69) is 31.5 Å². The van der Waals surface area contributed by atoms with Crippen molar-refractivity contribution in [3.05, 3.63) is 51.6 Å². The van der Waals surface area contributed by atoms with Gasteiger partial charge in [-0.1, -0.05) is 18.6 Å². The van der Waals surface area contributed by atoms with Gasteiger partial charge in [0.15, 0.2) is 5.82 Å². The van der Waals surface area contributed by atoms with Gasteiger partial charge in [0.25, 0.3) is 5.56 Å². The van der Waals surface area contributed by atoms with Crippen LogP contribution in [0.2, 0.25) is 0 Å². The molecule has 10 nitrogen and oxygen atoms in total. The van der Waals surface area contributed by atoms with Gasteiger partial charge in [-0.05, 0) is 67.1 Å². The Balaban J connectivity index is 1.66. The number of hydrogen-bond donors (Lipinski definition) is 1. The molecular weight excluding hydrogens is 436 g/mol. The summed E-state index contributed by atoms with van der Waals surface area (Å²) < 4.78 is 12.5. The molecule has 2 aromatic heterocycles. The minimum absolute atomic E-state index is 0.0592. The minimum Gasteiger partial charge on any atom is -0.465 e. The molecule has 34 heavy (non-hydrogen) atoms. The summed E-state index contributed by atoms with van der Waals surface area (Å²) in [5, 5.41) is 13.1. The molecule has 1 aliphatic heterocycles. The van der Waals surface area contributed by atoms with Crippen molar-refractivity contribution < 1.29 is 14.3 Å². The largest absolute Gasteiger partial charge is 0.465 e. The molecule has 0 amide bonds. The number of fused-ring (bicyclic) bond motifs is 1. The summed E-state index contributed by atoms with van der Waals surface area (Å²) in [6, 6.07) is 7.73. The van der Waals surface area contributed by atoms with Gasteiger partial charge in [-0.25, -0.2) is 4.68 Å². The maximum absolute atomic E-state index is 13.0. The zero-order valence-corrected chi connectivity index (χ0v) is 20.0. The van der Waals surface area contributed by atoms with E-state index in [0.29, 0.717) is 37.5 Å². The SMILES string of the molecule is CCOC(=O)Cn1nnnc1[C@@H](CC)N(Cc1cc2cc(C)ccc2[nH]c1=O)C[C@H]1CCCO1. The molecule has 0 spiro atoms. The summed E-state index contributed by atoms with van der Waals surface area (Å²) in [5.41, 5.74) is 2.50. The average Bonchev–Trinajstić information content (AvgIpc) is 3.48. The topological polar surface area (TPSA) is 115 Å². The maximum atomic E-state index is 13.0. The summed E-state index contributed by atoms with van der Waals surface area (Å²) in [7, 11) is 0. The molecule has 0 aliphatic carbocycles. The first-order chi connectivity index (χ1) is 16.5. The molecule has 0 bridgehead atoms. The Morgan fingerprint density at radius 3 is 2.94 bits per heavy atom. The number of aromatic nitrogens is 5. The van der Waals surface area contributed by atoms with E-state index < -0.39 is 5.97 Å². The van der Waals surface area contributed by atoms with Crippen LogP contribution in [0.4, 0.5) is 0 Å². The lowest BCUT2D eigenvalue weighted by Crippen LogP contribution is -2.38. The van der Waals surface area contributed by atoms with Crippen LogP contribution in [-0.2, 0) is 27.4 Å². The minimum atomic E-state index is -0.391. The summed E-state index contributed by atoms with van der Waals surface area (Å²) in [4.78, 5) is 30.2. The number of rotatable bonds is 10. The van der Waals surface area contributed by atoms with Gasteiger partial charge in [0.2, 0.25) is 0 Å². The normalized spacial score (nSPS) is 16.9. The number of carbonyl (C=O) groups excluding carboxylic acids is 1. The Kier molecular flexibility index (Phi) is 7.69. The number of carbonyl (C=O) groups is 1. The molecule has 3 heterocycles. The first-order valence-corrected chi connectivity index (χ1v) is 11.9. The zero-order chi connectivity index (χ0) is 24.1. The number of pyridine rings is 1. The molecule has 1 aliphatic rings. The summed E-state index contributed by atoms with van der Waals surface area (Å²) in [6.07, 6.45) is 2.76.